The van der Waals surface area contributed by atoms with E-state index in [1.807, 2.05) is 50.2 Å². The lowest BCUT2D eigenvalue weighted by atomic mass is 10.1. The molecule has 0 radical (unpaired) electrons. The molecule has 0 aliphatic rings. The second-order valence-corrected chi connectivity index (χ2v) is 8.07. The van der Waals surface area contributed by atoms with E-state index in [0.29, 0.717) is 5.69 Å². The fraction of sp³-hybridized carbons (Fsp3) is 0.316. The average Bonchev–Trinajstić information content (AvgIpc) is 2.54. The molecule has 0 fully saturated rings. The molecule has 0 unspecified atom stereocenters. The van der Waals surface area contributed by atoms with Gasteiger partial charge in [0.2, 0.25) is 15.9 Å². The van der Waals surface area contributed by atoms with Crippen LogP contribution in [0.15, 0.2) is 54.6 Å². The molecule has 2 atom stereocenters. The van der Waals surface area contributed by atoms with Crippen LogP contribution in [0.4, 0.5) is 5.69 Å². The van der Waals surface area contributed by atoms with E-state index in [1.54, 1.807) is 25.1 Å². The van der Waals surface area contributed by atoms with Crippen molar-refractivity contribution in [1.82, 2.24) is 5.32 Å². The van der Waals surface area contributed by atoms with Gasteiger partial charge in [-0.1, -0.05) is 42.5 Å². The molecule has 0 heterocycles. The van der Waals surface area contributed by atoms with Gasteiger partial charge in [-0.25, -0.2) is 8.42 Å². The van der Waals surface area contributed by atoms with Crippen LogP contribution in [0.25, 0.3) is 0 Å². The predicted molar refractivity (Wildman–Crippen MR) is 101 cm³/mol. The second-order valence-electron chi connectivity index (χ2n) is 6.21. The number of nitrogens with one attached hydrogen (secondary N) is 1. The zero-order valence-electron chi connectivity index (χ0n) is 14.9. The molecule has 5 nitrogen and oxygen atoms in total. The Morgan fingerprint density at radius 3 is 2.24 bits per heavy atom. The molecule has 0 aliphatic heterocycles. The largest absolute Gasteiger partial charge is 0.348 e. The summed E-state index contributed by atoms with van der Waals surface area (Å²) in [4.78, 5) is 12.7. The molecule has 2 aromatic carbocycles. The van der Waals surface area contributed by atoms with Crippen molar-refractivity contribution in [2.24, 2.45) is 0 Å². The zero-order valence-corrected chi connectivity index (χ0v) is 15.7. The Labute approximate surface area is 149 Å². The molecule has 0 saturated carbocycles. The monoisotopic (exact) mass is 360 g/mol. The highest BCUT2D eigenvalue weighted by Crippen LogP contribution is 2.22. The first-order valence-corrected chi connectivity index (χ1v) is 9.96. The molecular formula is C19H24N2O3S. The number of carbonyl (C=O) groups is 1. The summed E-state index contributed by atoms with van der Waals surface area (Å²) >= 11 is 0. The van der Waals surface area contributed by atoms with Crippen molar-refractivity contribution in [3.05, 3.63) is 65.7 Å². The summed E-state index contributed by atoms with van der Waals surface area (Å²) < 4.78 is 25.7. The number of anilines is 1. The molecule has 0 aromatic heterocycles. The minimum absolute atomic E-state index is 0.213. The van der Waals surface area contributed by atoms with E-state index >= 15 is 0 Å². The van der Waals surface area contributed by atoms with Crippen LogP contribution in [-0.4, -0.2) is 26.6 Å². The summed E-state index contributed by atoms with van der Waals surface area (Å²) in [6.07, 6.45) is 1.11. The number of rotatable bonds is 6. The number of hydrogen-bond donors (Lipinski definition) is 1. The maximum absolute atomic E-state index is 12.7. The highest BCUT2D eigenvalue weighted by atomic mass is 32.2. The minimum Gasteiger partial charge on any atom is -0.348 e. The molecule has 1 amide bonds. The first kappa shape index (κ1) is 19.0. The van der Waals surface area contributed by atoms with Crippen LogP contribution < -0.4 is 9.62 Å². The van der Waals surface area contributed by atoms with Crippen molar-refractivity contribution >= 4 is 21.6 Å². The smallest absolute Gasteiger partial charge is 0.244 e. The Hall–Kier alpha value is -2.34. The van der Waals surface area contributed by atoms with Gasteiger partial charge < -0.3 is 5.32 Å². The molecule has 25 heavy (non-hydrogen) atoms. The topological polar surface area (TPSA) is 66.5 Å². The van der Waals surface area contributed by atoms with Gasteiger partial charge in [0.1, 0.15) is 6.04 Å². The van der Waals surface area contributed by atoms with Crippen LogP contribution in [0, 0.1) is 6.92 Å². The minimum atomic E-state index is -3.61. The SMILES string of the molecule is Cc1cccc(N([C@@H](C)C(=O)N[C@@H](C)c2ccccc2)S(C)(=O)=O)c1. The van der Waals surface area contributed by atoms with Gasteiger partial charge in [-0.2, -0.15) is 0 Å². The van der Waals surface area contributed by atoms with Crippen molar-refractivity contribution in [2.45, 2.75) is 32.9 Å². The van der Waals surface area contributed by atoms with Gasteiger partial charge in [-0.15, -0.1) is 0 Å². The molecule has 134 valence electrons. The number of benzene rings is 2. The number of amides is 1. The van der Waals surface area contributed by atoms with E-state index in [-0.39, 0.29) is 11.9 Å². The molecule has 2 aromatic rings. The van der Waals surface area contributed by atoms with Crippen LogP contribution in [0.3, 0.4) is 0 Å². The third-order valence-corrected chi connectivity index (χ3v) is 5.24. The number of aryl methyl sites for hydroxylation is 1. The van der Waals surface area contributed by atoms with E-state index in [0.717, 1.165) is 21.7 Å². The van der Waals surface area contributed by atoms with E-state index in [1.165, 1.54) is 0 Å². The normalized spacial score (nSPS) is 13.8. The van der Waals surface area contributed by atoms with Crippen molar-refractivity contribution in [1.29, 1.82) is 0 Å². The molecular weight excluding hydrogens is 336 g/mol. The second kappa shape index (κ2) is 7.70. The summed E-state index contributed by atoms with van der Waals surface area (Å²) in [7, 11) is -3.61. The first-order valence-electron chi connectivity index (χ1n) is 8.11. The summed E-state index contributed by atoms with van der Waals surface area (Å²) in [6, 6.07) is 15.6. The predicted octanol–water partition coefficient (Wildman–Crippen LogP) is 3.03. The molecule has 0 bridgehead atoms. The van der Waals surface area contributed by atoms with Crippen LogP contribution in [0.1, 0.15) is 31.0 Å². The summed E-state index contributed by atoms with van der Waals surface area (Å²) in [6.45, 7) is 5.35. The van der Waals surface area contributed by atoms with Crippen LogP contribution in [0.2, 0.25) is 0 Å². The third kappa shape index (κ3) is 4.82. The van der Waals surface area contributed by atoms with Crippen molar-refractivity contribution in [3.63, 3.8) is 0 Å². The number of carbonyl (C=O) groups excluding carboxylic acids is 1. The lowest BCUT2D eigenvalue weighted by Crippen LogP contribution is -2.48. The van der Waals surface area contributed by atoms with Gasteiger partial charge in [0.05, 0.1) is 18.0 Å². The van der Waals surface area contributed by atoms with Crippen LogP contribution >= 0.6 is 0 Å². The summed E-state index contributed by atoms with van der Waals surface area (Å²) in [5, 5.41) is 2.89. The fourth-order valence-corrected chi connectivity index (χ4v) is 3.90. The lowest BCUT2D eigenvalue weighted by molar-refractivity contribution is -0.122. The maximum atomic E-state index is 12.7. The van der Waals surface area contributed by atoms with Gasteiger partial charge in [0, 0.05) is 0 Å². The quantitative estimate of drug-likeness (QED) is 0.861. The first-order chi connectivity index (χ1) is 11.7. The summed E-state index contributed by atoms with van der Waals surface area (Å²) in [5.74, 6) is -0.344. The Balaban J connectivity index is 2.24. The third-order valence-electron chi connectivity index (χ3n) is 4.00. The van der Waals surface area contributed by atoms with Gasteiger partial charge in [-0.3, -0.25) is 9.10 Å². The Kier molecular flexibility index (Phi) is 5.85. The summed E-state index contributed by atoms with van der Waals surface area (Å²) in [5.41, 5.74) is 2.37. The molecule has 2 rings (SSSR count). The van der Waals surface area contributed by atoms with Crippen molar-refractivity contribution in [2.75, 3.05) is 10.6 Å². The lowest BCUT2D eigenvalue weighted by Gasteiger charge is -2.29. The van der Waals surface area contributed by atoms with Crippen molar-refractivity contribution in [3.8, 4) is 0 Å². The van der Waals surface area contributed by atoms with E-state index < -0.39 is 16.1 Å². The standard InChI is InChI=1S/C19H24N2O3S/c1-14-9-8-12-18(13-14)21(25(4,23)24)16(3)19(22)20-15(2)17-10-6-5-7-11-17/h5-13,15-16H,1-4H3,(H,20,22)/t15-,16-/m0/s1. The Morgan fingerprint density at radius 1 is 1.04 bits per heavy atom. The highest BCUT2D eigenvalue weighted by Gasteiger charge is 2.29. The van der Waals surface area contributed by atoms with Crippen LogP contribution in [0.5, 0.6) is 0 Å². The molecule has 6 heteroatoms. The zero-order chi connectivity index (χ0) is 18.6. The highest BCUT2D eigenvalue weighted by molar-refractivity contribution is 7.92. The average molecular weight is 360 g/mol. The molecule has 0 aliphatic carbocycles. The molecule has 0 saturated heterocycles. The van der Waals surface area contributed by atoms with Gasteiger partial charge in [0.15, 0.2) is 0 Å². The maximum Gasteiger partial charge on any atom is 0.244 e. The van der Waals surface area contributed by atoms with E-state index in [9.17, 15) is 13.2 Å². The Bertz CT molecular complexity index is 835. The van der Waals surface area contributed by atoms with Gasteiger partial charge in [0.25, 0.3) is 0 Å². The van der Waals surface area contributed by atoms with E-state index in [4.69, 9.17) is 0 Å². The Morgan fingerprint density at radius 2 is 1.68 bits per heavy atom. The number of sulfonamides is 1. The molecule has 0 spiro atoms. The van der Waals surface area contributed by atoms with Crippen molar-refractivity contribution < 1.29 is 13.2 Å². The number of nitrogens with zero attached hydrogens (tertiary/aromatic N) is 1. The fourth-order valence-electron chi connectivity index (χ4n) is 2.73. The van der Waals surface area contributed by atoms with Gasteiger partial charge in [-0.05, 0) is 44.0 Å². The number of hydrogen-bond acceptors (Lipinski definition) is 3. The van der Waals surface area contributed by atoms with Crippen LogP contribution in [-0.2, 0) is 14.8 Å². The van der Waals surface area contributed by atoms with Gasteiger partial charge >= 0.3 is 0 Å². The van der Waals surface area contributed by atoms with E-state index in [2.05, 4.69) is 5.32 Å². The molecule has 1 N–H and O–H groups in total.